The summed E-state index contributed by atoms with van der Waals surface area (Å²) < 4.78 is 38.7. The Hall–Kier alpha value is -1.48. The molecule has 3 aliphatic heterocycles. The fourth-order valence-electron chi connectivity index (χ4n) is 3.94. The number of carbonyl (C=O) groups is 1. The van der Waals surface area contributed by atoms with Crippen molar-refractivity contribution in [3.05, 3.63) is 29.8 Å². The summed E-state index contributed by atoms with van der Waals surface area (Å²) in [7, 11) is -3.55. The normalized spacial score (nSPS) is 29.7. The highest BCUT2D eigenvalue weighted by molar-refractivity contribution is 7.89. The van der Waals surface area contributed by atoms with E-state index < -0.39 is 10.0 Å². The number of fused-ring (bicyclic) bond motifs is 2. The summed E-state index contributed by atoms with van der Waals surface area (Å²) >= 11 is 0. The lowest BCUT2D eigenvalue weighted by atomic mass is 10.0. The highest BCUT2D eigenvalue weighted by Crippen LogP contribution is 2.27. The maximum atomic E-state index is 13.0. The Labute approximate surface area is 153 Å². The van der Waals surface area contributed by atoms with Crippen LogP contribution in [0.15, 0.2) is 29.2 Å². The first-order valence-corrected chi connectivity index (χ1v) is 10.5. The van der Waals surface area contributed by atoms with Crippen molar-refractivity contribution in [2.24, 2.45) is 5.92 Å². The third kappa shape index (κ3) is 3.38. The molecule has 1 aromatic rings. The van der Waals surface area contributed by atoms with E-state index in [0.717, 1.165) is 12.0 Å². The second kappa shape index (κ2) is 6.92. The number of sulfonamides is 1. The predicted molar refractivity (Wildman–Crippen MR) is 94.1 cm³/mol. The Balaban J connectivity index is 1.47. The molecule has 3 unspecified atom stereocenters. The van der Waals surface area contributed by atoms with E-state index in [9.17, 15) is 13.2 Å². The van der Waals surface area contributed by atoms with Crippen molar-refractivity contribution in [3.63, 3.8) is 0 Å². The van der Waals surface area contributed by atoms with Gasteiger partial charge in [0.1, 0.15) is 0 Å². The average molecular weight is 380 g/mol. The van der Waals surface area contributed by atoms with Crippen LogP contribution in [-0.4, -0.2) is 75.1 Å². The van der Waals surface area contributed by atoms with E-state index in [1.807, 2.05) is 17.9 Å². The maximum absolute atomic E-state index is 13.0. The van der Waals surface area contributed by atoms with Crippen LogP contribution in [-0.2, 0) is 24.3 Å². The number of rotatable bonds is 3. The van der Waals surface area contributed by atoms with Gasteiger partial charge < -0.3 is 14.4 Å². The van der Waals surface area contributed by atoms with Crippen LogP contribution < -0.4 is 0 Å². The van der Waals surface area contributed by atoms with Crippen LogP contribution in [0, 0.1) is 12.8 Å². The Bertz CT molecular complexity index is 777. The minimum Gasteiger partial charge on any atom is -0.381 e. The van der Waals surface area contributed by atoms with E-state index in [1.165, 1.54) is 4.31 Å². The summed E-state index contributed by atoms with van der Waals surface area (Å²) in [4.78, 5) is 14.8. The molecule has 8 heteroatoms. The highest BCUT2D eigenvalue weighted by atomic mass is 32.2. The number of nitrogens with zero attached hydrogens (tertiary/aromatic N) is 2. The Kier molecular flexibility index (Phi) is 4.77. The SMILES string of the molecule is Cc1cccc(S(=O)(=O)N2CC3CN(C(=O)C4CCOC4)CC(C2)O3)c1. The van der Waals surface area contributed by atoms with Crippen LogP contribution in [0.3, 0.4) is 0 Å². The molecule has 1 amide bonds. The quantitative estimate of drug-likeness (QED) is 0.769. The first kappa shape index (κ1) is 17.9. The molecule has 0 N–H and O–H groups in total. The van der Waals surface area contributed by atoms with E-state index in [0.29, 0.717) is 31.2 Å². The molecule has 4 rings (SSSR count). The zero-order chi connectivity index (χ0) is 18.3. The van der Waals surface area contributed by atoms with Crippen molar-refractivity contribution >= 4 is 15.9 Å². The van der Waals surface area contributed by atoms with Gasteiger partial charge in [0.15, 0.2) is 0 Å². The molecule has 142 valence electrons. The van der Waals surface area contributed by atoms with Crippen LogP contribution >= 0.6 is 0 Å². The topological polar surface area (TPSA) is 76.2 Å². The number of aryl methyl sites for hydroxylation is 1. The van der Waals surface area contributed by atoms with Crippen LogP contribution in [0.2, 0.25) is 0 Å². The molecule has 26 heavy (non-hydrogen) atoms. The maximum Gasteiger partial charge on any atom is 0.243 e. The van der Waals surface area contributed by atoms with Gasteiger partial charge in [0.2, 0.25) is 15.9 Å². The molecule has 0 saturated carbocycles. The van der Waals surface area contributed by atoms with Gasteiger partial charge in [0, 0.05) is 32.8 Å². The van der Waals surface area contributed by atoms with Gasteiger partial charge in [-0.25, -0.2) is 8.42 Å². The summed E-state index contributed by atoms with van der Waals surface area (Å²) in [6.07, 6.45) is 0.195. The molecule has 2 bridgehead atoms. The Morgan fingerprint density at radius 1 is 1.15 bits per heavy atom. The molecular weight excluding hydrogens is 356 g/mol. The molecule has 0 radical (unpaired) electrons. The largest absolute Gasteiger partial charge is 0.381 e. The number of morpholine rings is 2. The lowest BCUT2D eigenvalue weighted by molar-refractivity contribution is -0.158. The van der Waals surface area contributed by atoms with Gasteiger partial charge in [0.25, 0.3) is 0 Å². The van der Waals surface area contributed by atoms with Gasteiger partial charge in [-0.05, 0) is 31.0 Å². The molecule has 3 fully saturated rings. The number of carbonyl (C=O) groups excluding carboxylic acids is 1. The van der Waals surface area contributed by atoms with Crippen molar-refractivity contribution in [2.45, 2.75) is 30.4 Å². The highest BCUT2D eigenvalue weighted by Gasteiger charge is 2.42. The Morgan fingerprint density at radius 2 is 1.88 bits per heavy atom. The van der Waals surface area contributed by atoms with Crippen LogP contribution in [0.1, 0.15) is 12.0 Å². The monoisotopic (exact) mass is 380 g/mol. The zero-order valence-corrected chi connectivity index (χ0v) is 15.7. The third-order valence-corrected chi connectivity index (χ3v) is 7.09. The minimum atomic E-state index is -3.55. The summed E-state index contributed by atoms with van der Waals surface area (Å²) in [5.74, 6) is 0.0387. The molecule has 3 atom stereocenters. The van der Waals surface area contributed by atoms with E-state index in [-0.39, 0.29) is 37.1 Å². The predicted octanol–water partition coefficient (Wildman–Crippen LogP) is 0.632. The van der Waals surface area contributed by atoms with E-state index in [1.54, 1.807) is 18.2 Å². The molecule has 3 aliphatic rings. The molecule has 0 aliphatic carbocycles. The van der Waals surface area contributed by atoms with Gasteiger partial charge in [-0.2, -0.15) is 4.31 Å². The van der Waals surface area contributed by atoms with Gasteiger partial charge in [-0.15, -0.1) is 0 Å². The Morgan fingerprint density at radius 3 is 2.50 bits per heavy atom. The summed E-state index contributed by atoms with van der Waals surface area (Å²) in [5, 5.41) is 0. The van der Waals surface area contributed by atoms with Gasteiger partial charge in [-0.3, -0.25) is 4.79 Å². The van der Waals surface area contributed by atoms with Crippen LogP contribution in [0.25, 0.3) is 0 Å². The van der Waals surface area contributed by atoms with E-state index in [2.05, 4.69) is 0 Å². The second-order valence-corrected chi connectivity index (χ2v) is 9.26. The fraction of sp³-hybridized carbons (Fsp3) is 0.611. The number of benzene rings is 1. The van der Waals surface area contributed by atoms with Crippen molar-refractivity contribution in [3.8, 4) is 0 Å². The molecule has 3 heterocycles. The van der Waals surface area contributed by atoms with Crippen molar-refractivity contribution in [1.82, 2.24) is 9.21 Å². The third-order valence-electron chi connectivity index (χ3n) is 5.27. The molecule has 0 spiro atoms. The van der Waals surface area contributed by atoms with Crippen molar-refractivity contribution < 1.29 is 22.7 Å². The molecule has 1 aromatic carbocycles. The first-order chi connectivity index (χ1) is 12.4. The lowest BCUT2D eigenvalue weighted by Gasteiger charge is -2.45. The standard InChI is InChI=1S/C18H24N2O5S/c1-13-3-2-4-17(7-13)26(22,23)20-10-15-8-19(9-16(11-20)25-15)18(21)14-5-6-24-12-14/h2-4,7,14-16H,5-6,8-12H2,1H3. The minimum absolute atomic E-state index is 0.0686. The summed E-state index contributed by atoms with van der Waals surface area (Å²) in [6.45, 7) is 4.42. The molecular formula is C18H24N2O5S. The first-order valence-electron chi connectivity index (χ1n) is 9.02. The molecule has 3 saturated heterocycles. The molecule has 7 nitrogen and oxygen atoms in total. The number of hydrogen-bond donors (Lipinski definition) is 0. The lowest BCUT2D eigenvalue weighted by Crippen LogP contribution is -2.62. The van der Waals surface area contributed by atoms with Crippen LogP contribution in [0.5, 0.6) is 0 Å². The number of amides is 1. The summed E-state index contributed by atoms with van der Waals surface area (Å²) in [5.41, 5.74) is 0.912. The van der Waals surface area contributed by atoms with Crippen molar-refractivity contribution in [1.29, 1.82) is 0 Å². The van der Waals surface area contributed by atoms with E-state index in [4.69, 9.17) is 9.47 Å². The number of hydrogen-bond acceptors (Lipinski definition) is 5. The average Bonchev–Trinajstić information content (AvgIpc) is 3.14. The number of ether oxygens (including phenoxy) is 2. The van der Waals surface area contributed by atoms with Gasteiger partial charge in [0.05, 0.1) is 29.6 Å². The smallest absolute Gasteiger partial charge is 0.243 e. The fourth-order valence-corrected chi connectivity index (χ4v) is 5.55. The molecule has 0 aromatic heterocycles. The summed E-state index contributed by atoms with van der Waals surface area (Å²) in [6, 6.07) is 6.96. The van der Waals surface area contributed by atoms with E-state index >= 15 is 0 Å². The van der Waals surface area contributed by atoms with Crippen molar-refractivity contribution in [2.75, 3.05) is 39.4 Å². The second-order valence-electron chi connectivity index (χ2n) is 7.32. The van der Waals surface area contributed by atoms with Gasteiger partial charge in [-0.1, -0.05) is 12.1 Å². The zero-order valence-electron chi connectivity index (χ0n) is 14.8. The van der Waals surface area contributed by atoms with Crippen LogP contribution in [0.4, 0.5) is 0 Å². The van der Waals surface area contributed by atoms with Gasteiger partial charge >= 0.3 is 0 Å².